The first-order chi connectivity index (χ1) is 14.3. The standard InChI is InChI=1S/C24H26N2O2S2/c1-5-28-19-10-8-18(9-11-19)25-23(29)21(22(27)20-7-6-16-30-20)26-14-12-17(13-15-26)24(2,3)4/h6-16H,5H2,1-4H3,(H-,25,27,29)/p+1. The number of anilines is 1. The zero-order valence-corrected chi connectivity index (χ0v) is 19.3. The Labute approximate surface area is 187 Å². The Hall–Kier alpha value is -2.70. The topological polar surface area (TPSA) is 45.4 Å². The van der Waals surface area contributed by atoms with Gasteiger partial charge in [-0.25, -0.2) is 0 Å². The number of pyridine rings is 1. The average Bonchev–Trinajstić information content (AvgIpc) is 3.24. The van der Waals surface area contributed by atoms with Crippen LogP contribution >= 0.6 is 23.6 Å². The zero-order chi connectivity index (χ0) is 21.7. The molecule has 0 spiro atoms. The number of ether oxygens (including phenoxy) is 1. The van der Waals surface area contributed by atoms with Crippen LogP contribution in [0.3, 0.4) is 0 Å². The van der Waals surface area contributed by atoms with E-state index in [9.17, 15) is 5.11 Å². The number of thiocarbonyl (C=S) groups is 1. The van der Waals surface area contributed by atoms with Crippen molar-refractivity contribution in [3.05, 3.63) is 76.7 Å². The lowest BCUT2D eigenvalue weighted by atomic mass is 9.88. The van der Waals surface area contributed by atoms with Crippen molar-refractivity contribution in [2.75, 3.05) is 11.9 Å². The van der Waals surface area contributed by atoms with Gasteiger partial charge in [-0.2, -0.15) is 4.57 Å². The lowest BCUT2D eigenvalue weighted by Gasteiger charge is -2.18. The molecule has 1 aromatic carbocycles. The molecule has 6 heteroatoms. The Morgan fingerprint density at radius 1 is 1.10 bits per heavy atom. The van der Waals surface area contributed by atoms with E-state index in [1.54, 1.807) is 0 Å². The lowest BCUT2D eigenvalue weighted by Crippen LogP contribution is -2.38. The number of aromatic nitrogens is 1. The number of benzene rings is 1. The SMILES string of the molecule is CCOc1ccc(NC(=S)/C(=C(/O)c2cccs2)[n+]2ccc(C(C)(C)C)cc2)cc1. The molecule has 0 atom stereocenters. The summed E-state index contributed by atoms with van der Waals surface area (Å²) in [5.74, 6) is 0.945. The van der Waals surface area contributed by atoms with Gasteiger partial charge in [0.25, 0.3) is 5.70 Å². The molecule has 0 amide bonds. The van der Waals surface area contributed by atoms with Gasteiger partial charge in [0.05, 0.1) is 11.5 Å². The molecule has 0 radical (unpaired) electrons. The average molecular weight is 440 g/mol. The smallest absolute Gasteiger partial charge is 0.289 e. The highest BCUT2D eigenvalue weighted by atomic mass is 32.1. The third-order valence-corrected chi connectivity index (χ3v) is 5.74. The fourth-order valence-corrected chi connectivity index (χ4v) is 3.93. The maximum atomic E-state index is 11.0. The molecule has 2 aromatic heterocycles. The Morgan fingerprint density at radius 2 is 1.77 bits per heavy atom. The molecule has 3 rings (SSSR count). The van der Waals surface area contributed by atoms with Crippen molar-refractivity contribution in [1.82, 2.24) is 0 Å². The number of nitrogens with one attached hydrogen (secondary N) is 1. The van der Waals surface area contributed by atoms with E-state index in [4.69, 9.17) is 17.0 Å². The van der Waals surface area contributed by atoms with Crippen LogP contribution in [-0.2, 0) is 5.41 Å². The van der Waals surface area contributed by atoms with Crippen LogP contribution in [0.5, 0.6) is 5.75 Å². The molecule has 3 aromatic rings. The van der Waals surface area contributed by atoms with Crippen LogP contribution < -0.4 is 14.6 Å². The molecule has 0 aliphatic heterocycles. The van der Waals surface area contributed by atoms with Crippen molar-refractivity contribution < 1.29 is 14.4 Å². The molecule has 0 aliphatic rings. The van der Waals surface area contributed by atoms with Crippen LogP contribution in [-0.4, -0.2) is 16.7 Å². The molecule has 0 bridgehead atoms. The summed E-state index contributed by atoms with van der Waals surface area (Å²) in [6, 6.07) is 15.5. The highest BCUT2D eigenvalue weighted by molar-refractivity contribution is 7.81. The maximum absolute atomic E-state index is 11.0. The summed E-state index contributed by atoms with van der Waals surface area (Å²) in [6.45, 7) is 9.09. The predicted octanol–water partition coefficient (Wildman–Crippen LogP) is 6.06. The molecule has 0 saturated carbocycles. The molecule has 0 fully saturated rings. The fourth-order valence-electron chi connectivity index (χ4n) is 2.94. The van der Waals surface area contributed by atoms with E-state index in [0.29, 0.717) is 17.3 Å². The van der Waals surface area contributed by atoms with Gasteiger partial charge in [-0.05, 0) is 53.6 Å². The van der Waals surface area contributed by atoms with Gasteiger partial charge in [0.2, 0.25) is 5.76 Å². The van der Waals surface area contributed by atoms with Crippen LogP contribution in [0.1, 0.15) is 38.1 Å². The number of hydrogen-bond acceptors (Lipinski definition) is 4. The normalized spacial score (nSPS) is 12.3. The van der Waals surface area contributed by atoms with Gasteiger partial charge in [0.15, 0.2) is 17.4 Å². The second-order valence-corrected chi connectivity index (χ2v) is 9.19. The third-order valence-electron chi connectivity index (χ3n) is 4.57. The highest BCUT2D eigenvalue weighted by Crippen LogP contribution is 2.25. The summed E-state index contributed by atoms with van der Waals surface area (Å²) in [6.07, 6.45) is 3.87. The van der Waals surface area contributed by atoms with Crippen LogP contribution in [0.25, 0.3) is 11.5 Å². The van der Waals surface area contributed by atoms with Crippen LogP contribution in [0.15, 0.2) is 66.3 Å². The number of rotatable bonds is 6. The second-order valence-electron chi connectivity index (χ2n) is 7.83. The molecule has 156 valence electrons. The van der Waals surface area contributed by atoms with Gasteiger partial charge in [0, 0.05) is 17.8 Å². The molecule has 0 unspecified atom stereocenters. The summed E-state index contributed by atoms with van der Waals surface area (Å²) >= 11 is 7.17. The van der Waals surface area contributed by atoms with E-state index in [1.807, 2.05) is 65.7 Å². The molecular weight excluding hydrogens is 412 g/mol. The van der Waals surface area contributed by atoms with Gasteiger partial charge < -0.3 is 15.2 Å². The van der Waals surface area contributed by atoms with Crippen molar-refractivity contribution in [2.24, 2.45) is 0 Å². The van der Waals surface area contributed by atoms with Gasteiger partial charge in [0.1, 0.15) is 5.75 Å². The van der Waals surface area contributed by atoms with Crippen LogP contribution in [0.4, 0.5) is 5.69 Å². The van der Waals surface area contributed by atoms with E-state index in [1.165, 1.54) is 16.9 Å². The van der Waals surface area contributed by atoms with Gasteiger partial charge in [-0.15, -0.1) is 11.3 Å². The van der Waals surface area contributed by atoms with Crippen molar-refractivity contribution in [1.29, 1.82) is 0 Å². The first-order valence-corrected chi connectivity index (χ1v) is 11.1. The fraction of sp³-hybridized carbons (Fsp3) is 0.250. The van der Waals surface area contributed by atoms with Crippen molar-refractivity contribution in [2.45, 2.75) is 33.1 Å². The summed E-state index contributed by atoms with van der Waals surface area (Å²) in [5.41, 5.74) is 2.60. The Bertz CT molecular complexity index is 1020. The number of thiophene rings is 1. The van der Waals surface area contributed by atoms with Crippen molar-refractivity contribution >= 4 is 45.7 Å². The minimum Gasteiger partial charge on any atom is -0.501 e. The van der Waals surface area contributed by atoms with E-state index in [2.05, 4.69) is 38.2 Å². The first-order valence-electron chi connectivity index (χ1n) is 9.83. The Balaban J connectivity index is 1.96. The summed E-state index contributed by atoms with van der Waals surface area (Å²) < 4.78 is 7.35. The quantitative estimate of drug-likeness (QED) is 0.212. The summed E-state index contributed by atoms with van der Waals surface area (Å²) in [5, 5.41) is 16.2. The number of aliphatic hydroxyl groups excluding tert-OH is 1. The summed E-state index contributed by atoms with van der Waals surface area (Å²) in [4.78, 5) is 1.19. The number of nitrogens with zero attached hydrogens (tertiary/aromatic N) is 1. The molecule has 4 nitrogen and oxygen atoms in total. The predicted molar refractivity (Wildman–Crippen MR) is 129 cm³/mol. The van der Waals surface area contributed by atoms with E-state index < -0.39 is 0 Å². The van der Waals surface area contributed by atoms with Crippen LogP contribution in [0, 0.1) is 0 Å². The van der Waals surface area contributed by atoms with E-state index in [0.717, 1.165) is 16.3 Å². The van der Waals surface area contributed by atoms with Crippen molar-refractivity contribution in [3.63, 3.8) is 0 Å². The molecule has 30 heavy (non-hydrogen) atoms. The van der Waals surface area contributed by atoms with Crippen molar-refractivity contribution in [3.8, 4) is 5.75 Å². The van der Waals surface area contributed by atoms with E-state index in [-0.39, 0.29) is 11.2 Å². The second kappa shape index (κ2) is 9.41. The monoisotopic (exact) mass is 439 g/mol. The largest absolute Gasteiger partial charge is 0.501 e. The first kappa shape index (κ1) is 22.0. The number of aliphatic hydroxyl groups is 1. The van der Waals surface area contributed by atoms with Crippen LogP contribution in [0.2, 0.25) is 0 Å². The van der Waals surface area contributed by atoms with Gasteiger partial charge in [-0.3, -0.25) is 0 Å². The van der Waals surface area contributed by atoms with Gasteiger partial charge >= 0.3 is 0 Å². The molecule has 2 N–H and O–H groups in total. The maximum Gasteiger partial charge on any atom is 0.289 e. The summed E-state index contributed by atoms with van der Waals surface area (Å²) in [7, 11) is 0. The molecular formula is C24H27N2O2S2+. The Morgan fingerprint density at radius 3 is 2.30 bits per heavy atom. The highest BCUT2D eigenvalue weighted by Gasteiger charge is 2.25. The van der Waals surface area contributed by atoms with E-state index >= 15 is 0 Å². The molecule has 0 aliphatic carbocycles. The molecule has 0 saturated heterocycles. The zero-order valence-electron chi connectivity index (χ0n) is 17.7. The third kappa shape index (κ3) is 5.26. The van der Waals surface area contributed by atoms with Gasteiger partial charge in [-0.1, -0.05) is 39.1 Å². The molecule has 2 heterocycles. The number of hydrogen-bond donors (Lipinski definition) is 2. The minimum atomic E-state index is 0.0415. The Kier molecular flexibility index (Phi) is 6.90. The minimum absolute atomic E-state index is 0.0415. The lowest BCUT2D eigenvalue weighted by molar-refractivity contribution is -0.575.